The van der Waals surface area contributed by atoms with E-state index < -0.39 is 30.9 Å². The van der Waals surface area contributed by atoms with E-state index in [0.717, 1.165) is 0 Å². The number of carboxylic acids is 1. The Labute approximate surface area is 73.4 Å². The van der Waals surface area contributed by atoms with Crippen LogP contribution in [0.15, 0.2) is 0 Å². The smallest absolute Gasteiger partial charge is 0.335 e. The van der Waals surface area contributed by atoms with Crippen LogP contribution in [0.2, 0.25) is 0 Å². The first-order chi connectivity index (χ1) is 6.04. The predicted molar refractivity (Wildman–Crippen MR) is 37.2 cm³/mol. The summed E-state index contributed by atoms with van der Waals surface area (Å²) >= 11 is 0. The van der Waals surface area contributed by atoms with Crippen LogP contribution in [-0.4, -0.2) is 51.3 Å². The summed E-state index contributed by atoms with van der Waals surface area (Å²) in [6, 6.07) is 0. The monoisotopic (exact) mass is 191 g/mol. The maximum absolute atomic E-state index is 10.1. The van der Waals surface area contributed by atoms with Gasteiger partial charge in [0.1, 0.15) is 6.10 Å². The van der Waals surface area contributed by atoms with Crippen molar-refractivity contribution in [2.24, 2.45) is 0 Å². The van der Waals surface area contributed by atoms with E-state index in [4.69, 9.17) is 25.7 Å². The molecular weight excluding hydrogens is 182 g/mol. The minimum absolute atomic E-state index is 0.765. The van der Waals surface area contributed by atoms with Gasteiger partial charge in [-0.25, -0.2) is 4.79 Å². The van der Waals surface area contributed by atoms with Crippen molar-refractivity contribution in [3.05, 3.63) is 0 Å². The van der Waals surface area contributed by atoms with E-state index in [2.05, 4.69) is 4.74 Å². The fourth-order valence-electron chi connectivity index (χ4n) is 0.632. The third-order valence-electron chi connectivity index (χ3n) is 1.34. The van der Waals surface area contributed by atoms with Crippen LogP contribution in [-0.2, 0) is 9.53 Å². The van der Waals surface area contributed by atoms with Gasteiger partial charge in [-0.05, 0) is 0 Å². The zero-order chi connectivity index (χ0) is 10.4. The zero-order valence-corrected chi connectivity index (χ0v) is 6.49. The fourth-order valence-corrected chi connectivity index (χ4v) is 0.632. The molecule has 0 heterocycles. The van der Waals surface area contributed by atoms with E-state index in [-0.39, 0.29) is 0 Å². The molecule has 0 rings (SSSR count). The lowest BCUT2D eigenvalue weighted by Crippen LogP contribution is -2.44. The van der Waals surface area contributed by atoms with Gasteiger partial charge in [0, 0.05) is 0 Å². The van der Waals surface area contributed by atoms with Crippen molar-refractivity contribution >= 4 is 5.97 Å². The zero-order valence-electron chi connectivity index (χ0n) is 6.49. The summed E-state index contributed by atoms with van der Waals surface area (Å²) in [6.45, 7) is -0.765. The maximum atomic E-state index is 10.1. The lowest BCUT2D eigenvalue weighted by atomic mass is 10.1. The van der Waals surface area contributed by atoms with Crippen LogP contribution in [0, 0.1) is 11.5 Å². The van der Waals surface area contributed by atoms with Crippen LogP contribution in [0.1, 0.15) is 0 Å². The SMILES string of the molecule is N#COC(CO)C(O)C(O)C(=O)O. The van der Waals surface area contributed by atoms with Gasteiger partial charge in [0.15, 0.2) is 12.2 Å². The molecule has 7 heteroatoms. The average Bonchev–Trinajstić information content (AvgIpc) is 2.11. The van der Waals surface area contributed by atoms with Gasteiger partial charge in [0.25, 0.3) is 6.26 Å². The highest BCUT2D eigenvalue weighted by Gasteiger charge is 2.32. The van der Waals surface area contributed by atoms with E-state index >= 15 is 0 Å². The number of nitriles is 1. The number of ether oxygens (including phenoxy) is 1. The largest absolute Gasteiger partial charge is 0.479 e. The van der Waals surface area contributed by atoms with Crippen molar-refractivity contribution in [2.45, 2.75) is 18.3 Å². The molecule has 3 unspecified atom stereocenters. The molecule has 0 radical (unpaired) electrons. The molecule has 3 atom stereocenters. The highest BCUT2D eigenvalue weighted by molar-refractivity contribution is 5.72. The molecule has 0 saturated carbocycles. The Balaban J connectivity index is 4.28. The highest BCUT2D eigenvalue weighted by Crippen LogP contribution is 2.03. The van der Waals surface area contributed by atoms with E-state index in [0.29, 0.717) is 0 Å². The molecule has 0 aliphatic carbocycles. The van der Waals surface area contributed by atoms with Gasteiger partial charge in [-0.3, -0.25) is 0 Å². The van der Waals surface area contributed by atoms with Gasteiger partial charge in [0.05, 0.1) is 6.61 Å². The normalized spacial score (nSPS) is 16.8. The number of aliphatic hydroxyl groups is 3. The Morgan fingerprint density at radius 3 is 2.38 bits per heavy atom. The van der Waals surface area contributed by atoms with Crippen LogP contribution < -0.4 is 0 Å². The standard InChI is InChI=1S/C6H9NO6/c7-2-13-3(1-8)4(9)5(10)6(11)12/h3-5,8-10H,1H2,(H,11,12). The van der Waals surface area contributed by atoms with Gasteiger partial charge in [0.2, 0.25) is 0 Å². The third-order valence-corrected chi connectivity index (χ3v) is 1.34. The van der Waals surface area contributed by atoms with Crippen molar-refractivity contribution in [3.63, 3.8) is 0 Å². The summed E-state index contributed by atoms with van der Waals surface area (Å²) in [5, 5.41) is 42.6. The molecule has 0 fully saturated rings. The van der Waals surface area contributed by atoms with Gasteiger partial charge in [-0.1, -0.05) is 0 Å². The minimum Gasteiger partial charge on any atom is -0.479 e. The molecule has 13 heavy (non-hydrogen) atoms. The first-order valence-electron chi connectivity index (χ1n) is 3.29. The first-order valence-corrected chi connectivity index (χ1v) is 3.29. The number of carbonyl (C=O) groups is 1. The van der Waals surface area contributed by atoms with E-state index in [9.17, 15) is 4.79 Å². The molecule has 0 aromatic rings. The molecule has 0 spiro atoms. The second kappa shape index (κ2) is 5.31. The summed E-state index contributed by atoms with van der Waals surface area (Å²) < 4.78 is 4.11. The van der Waals surface area contributed by atoms with Crippen molar-refractivity contribution in [1.29, 1.82) is 5.26 Å². The molecule has 0 aromatic heterocycles. The second-order valence-corrected chi connectivity index (χ2v) is 2.20. The molecular formula is C6H9NO6. The van der Waals surface area contributed by atoms with Crippen LogP contribution in [0.4, 0.5) is 0 Å². The highest BCUT2D eigenvalue weighted by atomic mass is 16.5. The van der Waals surface area contributed by atoms with Gasteiger partial charge >= 0.3 is 5.97 Å². The summed E-state index contributed by atoms with van der Waals surface area (Å²) in [7, 11) is 0. The maximum Gasteiger partial charge on any atom is 0.335 e. The molecule has 0 aliphatic rings. The molecule has 0 bridgehead atoms. The quantitative estimate of drug-likeness (QED) is 0.358. The summed E-state index contributed by atoms with van der Waals surface area (Å²) in [6.07, 6.45) is -4.20. The minimum atomic E-state index is -2.09. The van der Waals surface area contributed by atoms with Crippen LogP contribution in [0.25, 0.3) is 0 Å². The number of carboxylic acid groups (broad SMARTS) is 1. The Kier molecular flexibility index (Phi) is 4.76. The lowest BCUT2D eigenvalue weighted by molar-refractivity contribution is -0.159. The van der Waals surface area contributed by atoms with E-state index in [1.54, 1.807) is 0 Å². The number of nitrogens with zero attached hydrogens (tertiary/aromatic N) is 1. The fraction of sp³-hybridized carbons (Fsp3) is 0.667. The summed E-state index contributed by atoms with van der Waals surface area (Å²) in [5.74, 6) is -1.66. The topological polar surface area (TPSA) is 131 Å². The molecule has 4 N–H and O–H groups in total. The third kappa shape index (κ3) is 3.25. The molecule has 7 nitrogen and oxygen atoms in total. The summed E-state index contributed by atoms with van der Waals surface area (Å²) in [5.41, 5.74) is 0. The van der Waals surface area contributed by atoms with E-state index in [1.807, 2.05) is 0 Å². The van der Waals surface area contributed by atoms with Gasteiger partial charge in [-0.15, -0.1) is 0 Å². The van der Waals surface area contributed by atoms with Crippen molar-refractivity contribution < 1.29 is 30.0 Å². The number of hydrogen-bond acceptors (Lipinski definition) is 6. The van der Waals surface area contributed by atoms with Gasteiger partial charge in [-0.2, -0.15) is 5.26 Å². The predicted octanol–water partition coefficient (Wildman–Crippen LogP) is -2.35. The van der Waals surface area contributed by atoms with Gasteiger partial charge < -0.3 is 25.2 Å². The average molecular weight is 191 g/mol. The Hall–Kier alpha value is -1.36. The van der Waals surface area contributed by atoms with Crippen molar-refractivity contribution in [1.82, 2.24) is 0 Å². The molecule has 0 aromatic carbocycles. The first kappa shape index (κ1) is 11.6. The number of rotatable bonds is 5. The Morgan fingerprint density at radius 1 is 1.54 bits per heavy atom. The summed E-state index contributed by atoms with van der Waals surface area (Å²) in [4.78, 5) is 10.1. The van der Waals surface area contributed by atoms with Crippen LogP contribution in [0.3, 0.4) is 0 Å². The second-order valence-electron chi connectivity index (χ2n) is 2.20. The van der Waals surface area contributed by atoms with Crippen LogP contribution in [0.5, 0.6) is 0 Å². The number of aliphatic hydroxyl groups excluding tert-OH is 3. The van der Waals surface area contributed by atoms with Crippen molar-refractivity contribution in [2.75, 3.05) is 6.61 Å². The number of aliphatic carboxylic acids is 1. The molecule has 0 amide bonds. The van der Waals surface area contributed by atoms with E-state index in [1.165, 1.54) is 6.26 Å². The lowest BCUT2D eigenvalue weighted by Gasteiger charge is -2.19. The number of hydrogen-bond donors (Lipinski definition) is 4. The molecule has 74 valence electrons. The Morgan fingerprint density at radius 2 is 2.08 bits per heavy atom. The molecule has 0 saturated heterocycles. The molecule has 0 aliphatic heterocycles. The Bertz CT molecular complexity index is 212. The van der Waals surface area contributed by atoms with Crippen molar-refractivity contribution in [3.8, 4) is 6.26 Å². The van der Waals surface area contributed by atoms with Crippen LogP contribution >= 0.6 is 0 Å².